The van der Waals surface area contributed by atoms with Crippen molar-refractivity contribution in [2.24, 2.45) is 17.4 Å². The fourth-order valence-corrected chi connectivity index (χ4v) is 2.36. The van der Waals surface area contributed by atoms with E-state index in [1.54, 1.807) is 0 Å². The van der Waals surface area contributed by atoms with Gasteiger partial charge in [0.2, 0.25) is 0 Å². The predicted molar refractivity (Wildman–Crippen MR) is 90.8 cm³/mol. The first-order valence-electron chi connectivity index (χ1n) is 8.08. The summed E-state index contributed by atoms with van der Waals surface area (Å²) in [4.78, 5) is 0. The van der Waals surface area contributed by atoms with Crippen LogP contribution in [0.4, 0.5) is 0 Å². The first-order chi connectivity index (χ1) is 9.92. The summed E-state index contributed by atoms with van der Waals surface area (Å²) >= 11 is 0. The van der Waals surface area contributed by atoms with Crippen molar-refractivity contribution < 1.29 is 4.74 Å². The summed E-state index contributed by atoms with van der Waals surface area (Å²) in [7, 11) is 0. The summed E-state index contributed by atoms with van der Waals surface area (Å²) in [5, 5.41) is 0. The van der Waals surface area contributed by atoms with Gasteiger partial charge in [0.15, 0.2) is 0 Å². The van der Waals surface area contributed by atoms with E-state index < -0.39 is 0 Å². The minimum atomic E-state index is 0.0836. The molecule has 0 heterocycles. The molecule has 21 heavy (non-hydrogen) atoms. The third-order valence-corrected chi connectivity index (χ3v) is 3.82. The van der Waals surface area contributed by atoms with Gasteiger partial charge in [-0.1, -0.05) is 39.8 Å². The average Bonchev–Trinajstić information content (AvgIpc) is 2.45. The van der Waals surface area contributed by atoms with Crippen molar-refractivity contribution in [2.45, 2.75) is 52.4 Å². The van der Waals surface area contributed by atoms with E-state index in [2.05, 4.69) is 45.9 Å². The zero-order valence-electron chi connectivity index (χ0n) is 14.1. The molecule has 0 saturated carbocycles. The molecule has 0 fully saturated rings. The van der Waals surface area contributed by atoms with Crippen LogP contribution in [-0.4, -0.2) is 19.7 Å². The highest BCUT2D eigenvalue weighted by Crippen LogP contribution is 2.32. The zero-order chi connectivity index (χ0) is 15.9. The SMILES string of the molecule is CCCOc1ccc(CCC(CN)CN)cc1C(C)(C)C. The Morgan fingerprint density at radius 1 is 1.14 bits per heavy atom. The summed E-state index contributed by atoms with van der Waals surface area (Å²) < 4.78 is 5.90. The number of rotatable bonds is 8. The molecule has 0 bridgehead atoms. The van der Waals surface area contributed by atoms with Crippen LogP contribution in [0.15, 0.2) is 18.2 Å². The summed E-state index contributed by atoms with van der Waals surface area (Å²) in [6, 6.07) is 6.57. The van der Waals surface area contributed by atoms with Crippen LogP contribution in [0.25, 0.3) is 0 Å². The molecule has 0 spiro atoms. The predicted octanol–water partition coefficient (Wildman–Crippen LogP) is 3.24. The molecule has 1 aromatic carbocycles. The van der Waals surface area contributed by atoms with Gasteiger partial charge < -0.3 is 16.2 Å². The van der Waals surface area contributed by atoms with Gasteiger partial charge in [0.25, 0.3) is 0 Å². The van der Waals surface area contributed by atoms with Crippen LogP contribution in [-0.2, 0) is 11.8 Å². The van der Waals surface area contributed by atoms with Gasteiger partial charge in [-0.3, -0.25) is 0 Å². The molecule has 0 saturated heterocycles. The molecule has 0 aliphatic rings. The summed E-state index contributed by atoms with van der Waals surface area (Å²) in [5.41, 5.74) is 14.2. The van der Waals surface area contributed by atoms with Crippen LogP contribution in [0.2, 0.25) is 0 Å². The molecule has 4 N–H and O–H groups in total. The molecule has 0 radical (unpaired) electrons. The monoisotopic (exact) mass is 292 g/mol. The fourth-order valence-electron chi connectivity index (χ4n) is 2.36. The third-order valence-electron chi connectivity index (χ3n) is 3.82. The molecule has 3 nitrogen and oxygen atoms in total. The number of ether oxygens (including phenoxy) is 1. The first-order valence-corrected chi connectivity index (χ1v) is 8.08. The Morgan fingerprint density at radius 3 is 2.33 bits per heavy atom. The first kappa shape index (κ1) is 18.0. The van der Waals surface area contributed by atoms with E-state index in [0.29, 0.717) is 19.0 Å². The molecule has 120 valence electrons. The van der Waals surface area contributed by atoms with E-state index in [1.807, 2.05) is 0 Å². The lowest BCUT2D eigenvalue weighted by Gasteiger charge is -2.24. The molecule has 0 aliphatic heterocycles. The lowest BCUT2D eigenvalue weighted by molar-refractivity contribution is 0.308. The second-order valence-corrected chi connectivity index (χ2v) is 6.81. The molecule has 0 aromatic heterocycles. The maximum atomic E-state index is 5.90. The van der Waals surface area contributed by atoms with Gasteiger partial charge in [-0.25, -0.2) is 0 Å². The Labute approximate surface area is 130 Å². The minimum absolute atomic E-state index is 0.0836. The van der Waals surface area contributed by atoms with E-state index in [9.17, 15) is 0 Å². The molecule has 1 aromatic rings. The highest BCUT2D eigenvalue weighted by molar-refractivity contribution is 5.41. The van der Waals surface area contributed by atoms with E-state index in [0.717, 1.165) is 31.6 Å². The molecular formula is C18H32N2O. The molecule has 0 amide bonds. The average molecular weight is 292 g/mol. The van der Waals surface area contributed by atoms with Crippen molar-refractivity contribution >= 4 is 0 Å². The van der Waals surface area contributed by atoms with E-state index in [4.69, 9.17) is 16.2 Å². The fraction of sp³-hybridized carbons (Fsp3) is 0.667. The normalized spacial score (nSPS) is 12.0. The number of nitrogens with two attached hydrogens (primary N) is 2. The van der Waals surface area contributed by atoms with Crippen LogP contribution in [0.3, 0.4) is 0 Å². The van der Waals surface area contributed by atoms with E-state index in [-0.39, 0.29) is 5.41 Å². The topological polar surface area (TPSA) is 61.3 Å². The molecule has 1 rings (SSSR count). The zero-order valence-corrected chi connectivity index (χ0v) is 14.1. The van der Waals surface area contributed by atoms with Crippen molar-refractivity contribution in [3.63, 3.8) is 0 Å². The maximum Gasteiger partial charge on any atom is 0.123 e. The van der Waals surface area contributed by atoms with E-state index >= 15 is 0 Å². The van der Waals surface area contributed by atoms with E-state index in [1.165, 1.54) is 11.1 Å². The van der Waals surface area contributed by atoms with Gasteiger partial charge in [-0.05, 0) is 60.9 Å². The van der Waals surface area contributed by atoms with Crippen LogP contribution in [0, 0.1) is 5.92 Å². The van der Waals surface area contributed by atoms with Gasteiger partial charge in [0.05, 0.1) is 6.61 Å². The second kappa shape index (κ2) is 8.40. The van der Waals surface area contributed by atoms with Crippen LogP contribution in [0.5, 0.6) is 5.75 Å². The molecular weight excluding hydrogens is 260 g/mol. The Hall–Kier alpha value is -1.06. The maximum absolute atomic E-state index is 5.90. The molecule has 0 atom stereocenters. The Balaban J connectivity index is 2.88. The number of hydrogen-bond acceptors (Lipinski definition) is 3. The highest BCUT2D eigenvalue weighted by Gasteiger charge is 2.19. The van der Waals surface area contributed by atoms with Gasteiger partial charge in [0, 0.05) is 0 Å². The number of aryl methyl sites for hydroxylation is 1. The minimum Gasteiger partial charge on any atom is -0.493 e. The summed E-state index contributed by atoms with van der Waals surface area (Å²) in [5.74, 6) is 1.43. The lowest BCUT2D eigenvalue weighted by atomic mass is 9.84. The van der Waals surface area contributed by atoms with Gasteiger partial charge in [0.1, 0.15) is 5.75 Å². The largest absolute Gasteiger partial charge is 0.493 e. The van der Waals surface area contributed by atoms with Crippen molar-refractivity contribution in [2.75, 3.05) is 19.7 Å². The molecule has 0 aliphatic carbocycles. The smallest absolute Gasteiger partial charge is 0.123 e. The summed E-state index contributed by atoms with van der Waals surface area (Å²) in [6.07, 6.45) is 3.10. The van der Waals surface area contributed by atoms with Gasteiger partial charge in [-0.2, -0.15) is 0 Å². The van der Waals surface area contributed by atoms with Crippen molar-refractivity contribution in [3.8, 4) is 5.75 Å². The van der Waals surface area contributed by atoms with Crippen LogP contribution >= 0.6 is 0 Å². The second-order valence-electron chi connectivity index (χ2n) is 6.81. The van der Waals surface area contributed by atoms with Gasteiger partial charge in [-0.15, -0.1) is 0 Å². The molecule has 0 unspecified atom stereocenters. The Morgan fingerprint density at radius 2 is 1.81 bits per heavy atom. The summed E-state index contributed by atoms with van der Waals surface area (Å²) in [6.45, 7) is 10.9. The quantitative estimate of drug-likeness (QED) is 0.773. The van der Waals surface area contributed by atoms with Crippen molar-refractivity contribution in [1.29, 1.82) is 0 Å². The lowest BCUT2D eigenvalue weighted by Crippen LogP contribution is -2.23. The number of benzene rings is 1. The third kappa shape index (κ3) is 5.68. The Kier molecular flexibility index (Phi) is 7.20. The van der Waals surface area contributed by atoms with Gasteiger partial charge >= 0.3 is 0 Å². The van der Waals surface area contributed by atoms with Crippen molar-refractivity contribution in [1.82, 2.24) is 0 Å². The van der Waals surface area contributed by atoms with Crippen molar-refractivity contribution in [3.05, 3.63) is 29.3 Å². The standard InChI is InChI=1S/C18H32N2O/c1-5-10-21-17-9-8-14(6-7-15(12-19)13-20)11-16(17)18(2,3)4/h8-9,11,15H,5-7,10,12-13,19-20H2,1-4H3. The molecule has 3 heteroatoms. The van der Waals surface area contributed by atoms with Crippen LogP contribution in [0.1, 0.15) is 51.7 Å². The highest BCUT2D eigenvalue weighted by atomic mass is 16.5. The number of hydrogen-bond donors (Lipinski definition) is 2. The Bertz CT molecular complexity index is 420. The van der Waals surface area contributed by atoms with Crippen LogP contribution < -0.4 is 16.2 Å².